The fourth-order valence-electron chi connectivity index (χ4n) is 14.4. The van der Waals surface area contributed by atoms with E-state index in [9.17, 15) is 31.6 Å². The fourth-order valence-corrected chi connectivity index (χ4v) is 14.4. The van der Waals surface area contributed by atoms with Crippen molar-refractivity contribution in [2.24, 2.45) is 0 Å². The van der Waals surface area contributed by atoms with E-state index in [1.807, 2.05) is 72.8 Å². The number of allylic oxidation sites excluding steroid dienone is 6. The van der Waals surface area contributed by atoms with E-state index in [2.05, 4.69) is 119 Å². The largest absolute Gasteiger partial charge is 0.493 e. The van der Waals surface area contributed by atoms with Crippen molar-refractivity contribution < 1.29 is 47.4 Å². The number of nitrogens with zero attached hydrogens (tertiary/aromatic N) is 6. The maximum Gasteiger partial charge on any atom is 0.128 e. The molecule has 0 aliphatic heterocycles. The quantitative estimate of drug-likeness (QED) is 0.0200. The highest BCUT2D eigenvalue weighted by molar-refractivity contribution is 6.00. The average Bonchev–Trinajstić information content (AvgIpc) is 0.790. The Labute approximate surface area is 747 Å². The molecule has 124 heavy (non-hydrogen) atoms. The van der Waals surface area contributed by atoms with Crippen LogP contribution in [0.25, 0.3) is 57.7 Å². The van der Waals surface area contributed by atoms with Crippen LogP contribution in [0.5, 0.6) is 57.5 Å². The third-order valence-corrected chi connectivity index (χ3v) is 21.8. The minimum Gasteiger partial charge on any atom is -0.493 e. The Hall–Kier alpha value is -10.5. The number of nitriles is 6. The average molecular weight is 1690 g/mol. The fraction of sp³-hybridized carbons (Fsp3) is 0.556. The van der Waals surface area contributed by atoms with Gasteiger partial charge in [0.2, 0.25) is 0 Å². The molecule has 5 aromatic carbocycles. The normalized spacial score (nSPS) is 11.5. The predicted octanol–water partition coefficient (Wildman–Crippen LogP) is 30.6. The van der Waals surface area contributed by atoms with E-state index in [0.29, 0.717) is 179 Å². The van der Waals surface area contributed by atoms with E-state index in [0.717, 1.165) is 257 Å². The van der Waals surface area contributed by atoms with Gasteiger partial charge in [-0.3, -0.25) is 0 Å². The first-order valence-electron chi connectivity index (χ1n) is 47.6. The Morgan fingerprint density at radius 1 is 0.202 bits per heavy atom. The van der Waals surface area contributed by atoms with E-state index < -0.39 is 0 Å². The molecule has 0 saturated heterocycles. The minimum atomic E-state index is 0.221. The monoisotopic (exact) mass is 1690 g/mol. The van der Waals surface area contributed by atoms with Crippen LogP contribution in [0.2, 0.25) is 0 Å². The van der Waals surface area contributed by atoms with Gasteiger partial charge in [-0.2, -0.15) is 31.6 Å². The molecular weight excluding hydrogens is 1540 g/mol. The first kappa shape index (κ1) is 104. The van der Waals surface area contributed by atoms with Crippen LogP contribution in [0.1, 0.15) is 382 Å². The molecule has 0 heterocycles. The van der Waals surface area contributed by atoms with Gasteiger partial charge in [-0.1, -0.05) is 275 Å². The molecule has 5 aromatic rings. The summed E-state index contributed by atoms with van der Waals surface area (Å²) in [5.74, 6) is 4.34. The Kier molecular flexibility index (Phi) is 53.9. The number of unbranched alkanes of at least 4 members (excludes halogenated alkanes) is 30. The summed E-state index contributed by atoms with van der Waals surface area (Å²) in [6, 6.07) is 33.2. The van der Waals surface area contributed by atoms with Gasteiger partial charge in [0.25, 0.3) is 0 Å². The van der Waals surface area contributed by atoms with Gasteiger partial charge < -0.3 is 47.4 Å². The number of hydrogen-bond acceptors (Lipinski definition) is 16. The molecule has 0 fully saturated rings. The van der Waals surface area contributed by atoms with E-state index >= 15 is 0 Å². The Bertz CT molecular complexity index is 4150. The maximum absolute atomic E-state index is 11.9. The van der Waals surface area contributed by atoms with Crippen LogP contribution in [0, 0.1) is 68.0 Å². The van der Waals surface area contributed by atoms with E-state index in [-0.39, 0.29) is 33.4 Å². The summed E-state index contributed by atoms with van der Waals surface area (Å²) >= 11 is 0. The highest BCUT2D eigenvalue weighted by Gasteiger charge is 2.26. The van der Waals surface area contributed by atoms with Gasteiger partial charge in [0.05, 0.1) is 136 Å². The van der Waals surface area contributed by atoms with Crippen molar-refractivity contribution in [2.75, 3.05) is 66.1 Å². The molecule has 0 spiro atoms. The second kappa shape index (κ2) is 64.3. The van der Waals surface area contributed by atoms with Crippen LogP contribution in [0.3, 0.4) is 0 Å². The number of rotatable bonds is 70. The van der Waals surface area contributed by atoms with Crippen LogP contribution in [-0.2, 0) is 0 Å². The van der Waals surface area contributed by atoms with Gasteiger partial charge in [0.1, 0.15) is 57.5 Å². The molecule has 0 amide bonds. The predicted molar refractivity (Wildman–Crippen MR) is 512 cm³/mol. The molecule has 16 nitrogen and oxygen atoms in total. The molecule has 0 atom stereocenters. The van der Waals surface area contributed by atoms with Crippen molar-refractivity contribution >= 4 is 57.7 Å². The van der Waals surface area contributed by atoms with E-state index in [1.165, 1.54) is 0 Å². The molecule has 0 bridgehead atoms. The lowest BCUT2D eigenvalue weighted by molar-refractivity contribution is 0.295. The first-order valence-corrected chi connectivity index (χ1v) is 47.6. The molecule has 16 heteroatoms. The summed E-state index contributed by atoms with van der Waals surface area (Å²) in [5, 5.41) is 67.4. The van der Waals surface area contributed by atoms with Crippen molar-refractivity contribution in [2.45, 2.75) is 326 Å². The maximum atomic E-state index is 11.9. The number of ether oxygens (including phenoxy) is 10. The van der Waals surface area contributed by atoms with Crippen molar-refractivity contribution in [1.82, 2.24) is 0 Å². The zero-order valence-corrected chi connectivity index (χ0v) is 77.6. The molecule has 0 N–H and O–H groups in total. The van der Waals surface area contributed by atoms with Gasteiger partial charge in [-0.15, -0.1) is 0 Å². The number of hydrogen-bond donors (Lipinski definition) is 0. The summed E-state index contributed by atoms with van der Waals surface area (Å²) in [5.41, 5.74) is 6.61. The Balaban J connectivity index is 1.94. The molecule has 5 rings (SSSR count). The zero-order valence-electron chi connectivity index (χ0n) is 77.6. The second-order valence-electron chi connectivity index (χ2n) is 32.3. The smallest absolute Gasteiger partial charge is 0.128 e. The van der Waals surface area contributed by atoms with E-state index in [4.69, 9.17) is 47.4 Å². The molecule has 0 aliphatic carbocycles. The van der Waals surface area contributed by atoms with Crippen LogP contribution in [-0.4, -0.2) is 66.1 Å². The van der Waals surface area contributed by atoms with Crippen molar-refractivity contribution in [3.05, 3.63) is 129 Å². The third kappa shape index (κ3) is 37.1. The summed E-state index contributed by atoms with van der Waals surface area (Å²) in [6.45, 7) is 33.7. The van der Waals surface area contributed by atoms with Crippen molar-refractivity contribution in [3.8, 4) is 93.9 Å². The second-order valence-corrected chi connectivity index (χ2v) is 32.3. The lowest BCUT2D eigenvalue weighted by Gasteiger charge is -2.20. The minimum absolute atomic E-state index is 0.221. The van der Waals surface area contributed by atoms with Crippen LogP contribution in [0.15, 0.2) is 73.8 Å². The summed E-state index contributed by atoms with van der Waals surface area (Å²) in [6.07, 6.45) is 45.3. The van der Waals surface area contributed by atoms with Crippen molar-refractivity contribution in [1.29, 1.82) is 31.6 Å². The highest BCUT2D eigenvalue weighted by atomic mass is 16.5. The number of benzene rings is 5. The summed E-state index contributed by atoms with van der Waals surface area (Å²) < 4.78 is 67.8. The molecular formula is C108H148N6O10. The molecule has 0 aliphatic rings. The standard InChI is InChI=1S/C108H148N6O10/c1-13-23-33-43-53-115-99-69-87(101(117-55-45-35-25-15-3)67-85(99)63-89(79-111)95-73-103(119-57-47-37-27-17-5)93(83(11)77-109)71-105(95)121-59-49-39-29-19-7)65-91(81-113)97-75-108(124-62-52-42-32-22-10)98(76-107(97)123-61-51-41-31-21-9)92(82-114)66-88-70-100(116-54-44-34-24-14-2)86(68-102(88)118-56-46-36-26-16-4)64-90(80-112)96-74-104(120-58-48-38-28-18-6)94(84(12)78-110)72-106(96)122-60-50-40-30-20-8/h63-76H,11-62H2,1-10H3/b89-63+,90-64+,91-65+,92-66+. The van der Waals surface area contributed by atoms with Gasteiger partial charge in [-0.05, 0) is 149 Å². The van der Waals surface area contributed by atoms with Gasteiger partial charge in [-0.25, -0.2) is 0 Å². The summed E-state index contributed by atoms with van der Waals surface area (Å²) in [7, 11) is 0. The molecule has 0 saturated carbocycles. The van der Waals surface area contributed by atoms with E-state index in [1.54, 1.807) is 12.1 Å². The summed E-state index contributed by atoms with van der Waals surface area (Å²) in [4.78, 5) is 0. The molecule has 0 radical (unpaired) electrons. The van der Waals surface area contributed by atoms with Gasteiger partial charge in [0.15, 0.2) is 0 Å². The Morgan fingerprint density at radius 2 is 0.347 bits per heavy atom. The van der Waals surface area contributed by atoms with Crippen LogP contribution < -0.4 is 47.4 Å². The lowest BCUT2D eigenvalue weighted by Crippen LogP contribution is -2.06. The van der Waals surface area contributed by atoms with Gasteiger partial charge >= 0.3 is 0 Å². The van der Waals surface area contributed by atoms with Crippen molar-refractivity contribution in [3.63, 3.8) is 0 Å². The van der Waals surface area contributed by atoms with Gasteiger partial charge in [0, 0.05) is 55.6 Å². The van der Waals surface area contributed by atoms with Crippen LogP contribution >= 0.6 is 0 Å². The lowest BCUT2D eigenvalue weighted by atomic mass is 9.94. The molecule has 670 valence electrons. The van der Waals surface area contributed by atoms with Crippen LogP contribution in [0.4, 0.5) is 0 Å². The molecule has 0 unspecified atom stereocenters. The third-order valence-electron chi connectivity index (χ3n) is 21.8. The zero-order chi connectivity index (χ0) is 89.6. The topological polar surface area (TPSA) is 235 Å². The molecule has 0 aromatic heterocycles. The first-order chi connectivity index (χ1) is 60.8. The SMILES string of the molecule is C=C(C#N)c1cc(OCCCCCC)c(/C(C#N)=C/c2cc(OCCCCCC)c(/C=C(\C#N)c3cc(OCCCCCC)c(/C(C#N)=C/c4cc(OCCCCCC)c(/C=C(\C#N)c5cc(OCCCCCC)c(C(=C)C#N)cc5OCCCCCC)cc4OCCCCCC)cc3OCCCCCC)cc2OCCCCCC)cc1OCCCCCC. The Morgan fingerprint density at radius 3 is 0.492 bits per heavy atom. The highest BCUT2D eigenvalue weighted by Crippen LogP contribution is 2.46.